The molecular formula is C16H24N2. The van der Waals surface area contributed by atoms with E-state index >= 15 is 0 Å². The Kier molecular flexibility index (Phi) is 3.74. The summed E-state index contributed by atoms with van der Waals surface area (Å²) in [6.07, 6.45) is 6.92. The number of hydrogen-bond acceptors (Lipinski definition) is 2. The summed E-state index contributed by atoms with van der Waals surface area (Å²) in [5, 5.41) is 0. The molecule has 0 unspecified atom stereocenters. The first-order chi connectivity index (χ1) is 8.60. The zero-order valence-electron chi connectivity index (χ0n) is 11.6. The summed E-state index contributed by atoms with van der Waals surface area (Å²) in [5.74, 6) is 0. The van der Waals surface area contributed by atoms with Crippen molar-refractivity contribution in [1.82, 2.24) is 4.98 Å². The van der Waals surface area contributed by atoms with E-state index in [1.807, 2.05) is 0 Å². The number of rotatable bonds is 5. The number of nitrogens with zero attached hydrogens (tertiary/aromatic N) is 1. The molecule has 0 aliphatic heterocycles. The highest BCUT2D eigenvalue weighted by molar-refractivity contribution is 5.35. The van der Waals surface area contributed by atoms with Crippen LogP contribution in [0.1, 0.15) is 56.0 Å². The van der Waals surface area contributed by atoms with Crippen molar-refractivity contribution in [1.29, 1.82) is 0 Å². The maximum absolute atomic E-state index is 6.02. The summed E-state index contributed by atoms with van der Waals surface area (Å²) >= 11 is 0. The molecule has 1 aromatic heterocycles. The number of aromatic nitrogens is 1. The molecule has 0 bridgehead atoms. The molecule has 98 valence electrons. The second-order valence-corrected chi connectivity index (χ2v) is 5.52. The Morgan fingerprint density at radius 2 is 2.17 bits per heavy atom. The largest absolute Gasteiger partial charge is 0.402 e. The molecule has 18 heavy (non-hydrogen) atoms. The fraction of sp³-hybridized carbons (Fsp3) is 0.562. The van der Waals surface area contributed by atoms with E-state index in [9.17, 15) is 0 Å². The minimum absolute atomic E-state index is 0.0331. The van der Waals surface area contributed by atoms with Crippen LogP contribution < -0.4 is 5.73 Å². The van der Waals surface area contributed by atoms with Gasteiger partial charge in [-0.25, -0.2) is 0 Å². The third-order valence-corrected chi connectivity index (χ3v) is 4.28. The van der Waals surface area contributed by atoms with Crippen LogP contribution in [0.3, 0.4) is 0 Å². The van der Waals surface area contributed by atoms with Gasteiger partial charge in [-0.05, 0) is 44.2 Å². The number of hydrogen-bond donors (Lipinski definition) is 1. The van der Waals surface area contributed by atoms with Crippen molar-refractivity contribution >= 4 is 0 Å². The van der Waals surface area contributed by atoms with E-state index in [-0.39, 0.29) is 5.41 Å². The molecule has 0 spiro atoms. The van der Waals surface area contributed by atoms with Crippen LogP contribution >= 0.6 is 0 Å². The molecule has 1 heterocycles. The maximum Gasteiger partial charge on any atom is 0.0527 e. The smallest absolute Gasteiger partial charge is 0.0527 e. The molecule has 0 saturated heterocycles. The molecule has 0 atom stereocenters. The first-order valence-corrected chi connectivity index (χ1v) is 7.02. The van der Waals surface area contributed by atoms with E-state index in [0.717, 1.165) is 30.7 Å². The number of pyridine rings is 1. The molecule has 1 aliphatic rings. The lowest BCUT2D eigenvalue weighted by molar-refractivity contribution is 0.284. The van der Waals surface area contributed by atoms with Gasteiger partial charge in [-0.15, -0.1) is 0 Å². The first-order valence-electron chi connectivity index (χ1n) is 7.02. The van der Waals surface area contributed by atoms with Gasteiger partial charge in [0.25, 0.3) is 0 Å². The van der Waals surface area contributed by atoms with Crippen LogP contribution in [0.25, 0.3) is 0 Å². The highest BCUT2D eigenvalue weighted by atomic mass is 14.8. The summed E-state index contributed by atoms with van der Waals surface area (Å²) < 4.78 is 0. The topological polar surface area (TPSA) is 38.9 Å². The zero-order chi connectivity index (χ0) is 13.2. The van der Waals surface area contributed by atoms with Gasteiger partial charge >= 0.3 is 0 Å². The summed E-state index contributed by atoms with van der Waals surface area (Å²) in [4.78, 5) is 4.88. The van der Waals surface area contributed by atoms with Gasteiger partial charge in [0.05, 0.1) is 11.1 Å². The molecule has 1 fully saturated rings. The summed E-state index contributed by atoms with van der Waals surface area (Å²) in [5.41, 5.74) is 10.4. The molecule has 2 nitrogen and oxygen atoms in total. The van der Waals surface area contributed by atoms with Gasteiger partial charge < -0.3 is 5.73 Å². The number of aryl methyl sites for hydroxylation is 2. The number of allylic oxidation sites excluding steroid dienone is 1. The van der Waals surface area contributed by atoms with E-state index in [1.165, 1.54) is 30.5 Å². The monoisotopic (exact) mass is 244 g/mol. The van der Waals surface area contributed by atoms with Gasteiger partial charge in [0.2, 0.25) is 0 Å². The lowest BCUT2D eigenvalue weighted by atomic mass is 9.64. The standard InChI is InChI=1S/C16H24N2/c1-4-5-7-14-12(2)8-9-15(18-14)16(13(3)17)10-6-11-16/h8-9H,3-7,10-11,17H2,1-2H3. The van der Waals surface area contributed by atoms with Crippen molar-refractivity contribution in [3.8, 4) is 0 Å². The average molecular weight is 244 g/mol. The van der Waals surface area contributed by atoms with Gasteiger partial charge in [-0.2, -0.15) is 0 Å². The molecule has 0 amide bonds. The Bertz CT molecular complexity index is 444. The Labute approximate surface area is 110 Å². The fourth-order valence-corrected chi connectivity index (χ4v) is 2.71. The minimum Gasteiger partial charge on any atom is -0.402 e. The highest BCUT2D eigenvalue weighted by Gasteiger charge is 2.41. The maximum atomic E-state index is 6.02. The fourth-order valence-electron chi connectivity index (χ4n) is 2.71. The SMILES string of the molecule is C=C(N)C1(c2ccc(C)c(CCCC)n2)CCC1. The molecule has 0 radical (unpaired) electrons. The second kappa shape index (κ2) is 5.13. The van der Waals surface area contributed by atoms with Crippen LogP contribution in [0.4, 0.5) is 0 Å². The summed E-state index contributed by atoms with van der Waals surface area (Å²) in [7, 11) is 0. The van der Waals surface area contributed by atoms with E-state index in [0.29, 0.717) is 0 Å². The second-order valence-electron chi connectivity index (χ2n) is 5.52. The Balaban J connectivity index is 2.31. The molecule has 0 aromatic carbocycles. The van der Waals surface area contributed by atoms with Crippen LogP contribution in [-0.4, -0.2) is 4.98 Å². The zero-order valence-corrected chi connectivity index (χ0v) is 11.6. The van der Waals surface area contributed by atoms with Crippen LogP contribution in [0.15, 0.2) is 24.4 Å². The van der Waals surface area contributed by atoms with Crippen LogP contribution in [0.2, 0.25) is 0 Å². The molecule has 2 heteroatoms. The quantitative estimate of drug-likeness (QED) is 0.859. The summed E-state index contributed by atoms with van der Waals surface area (Å²) in [6, 6.07) is 4.33. The summed E-state index contributed by atoms with van der Waals surface area (Å²) in [6.45, 7) is 8.34. The van der Waals surface area contributed by atoms with Crippen LogP contribution in [0.5, 0.6) is 0 Å². The molecule has 2 N–H and O–H groups in total. The van der Waals surface area contributed by atoms with Gasteiger partial charge in [0.15, 0.2) is 0 Å². The van der Waals surface area contributed by atoms with Crippen molar-refractivity contribution in [2.75, 3.05) is 0 Å². The van der Waals surface area contributed by atoms with Crippen molar-refractivity contribution in [3.05, 3.63) is 41.4 Å². The molecule has 1 aromatic rings. The number of nitrogens with two attached hydrogens (primary N) is 1. The predicted octanol–water partition coefficient (Wildman–Crippen LogP) is 3.63. The Morgan fingerprint density at radius 3 is 2.67 bits per heavy atom. The van der Waals surface area contributed by atoms with E-state index in [1.54, 1.807) is 0 Å². The molecule has 1 saturated carbocycles. The van der Waals surface area contributed by atoms with E-state index < -0.39 is 0 Å². The van der Waals surface area contributed by atoms with Gasteiger partial charge in [0, 0.05) is 11.4 Å². The lowest BCUT2D eigenvalue weighted by Crippen LogP contribution is -2.40. The third kappa shape index (κ3) is 2.16. The minimum atomic E-state index is -0.0331. The van der Waals surface area contributed by atoms with Crippen molar-refractivity contribution < 1.29 is 0 Å². The number of unbranched alkanes of at least 4 members (excludes halogenated alkanes) is 1. The van der Waals surface area contributed by atoms with Gasteiger partial charge in [-0.1, -0.05) is 32.4 Å². The normalized spacial score (nSPS) is 17.2. The van der Waals surface area contributed by atoms with Crippen molar-refractivity contribution in [2.24, 2.45) is 5.73 Å². The van der Waals surface area contributed by atoms with Crippen LogP contribution in [-0.2, 0) is 11.8 Å². The van der Waals surface area contributed by atoms with Crippen molar-refractivity contribution in [2.45, 2.75) is 57.8 Å². The predicted molar refractivity (Wildman–Crippen MR) is 76.4 cm³/mol. The van der Waals surface area contributed by atoms with Gasteiger partial charge in [0.1, 0.15) is 0 Å². The molecule has 2 rings (SSSR count). The van der Waals surface area contributed by atoms with Crippen molar-refractivity contribution in [3.63, 3.8) is 0 Å². The Morgan fingerprint density at radius 1 is 1.44 bits per heavy atom. The van der Waals surface area contributed by atoms with Gasteiger partial charge in [-0.3, -0.25) is 4.98 Å². The lowest BCUT2D eigenvalue weighted by Gasteiger charge is -2.41. The average Bonchev–Trinajstić information content (AvgIpc) is 2.27. The molecular weight excluding hydrogens is 220 g/mol. The molecule has 1 aliphatic carbocycles. The Hall–Kier alpha value is -1.31. The van der Waals surface area contributed by atoms with Crippen LogP contribution in [0, 0.1) is 6.92 Å². The highest BCUT2D eigenvalue weighted by Crippen LogP contribution is 2.46. The van der Waals surface area contributed by atoms with E-state index in [4.69, 9.17) is 10.7 Å². The first kappa shape index (κ1) is 13.1. The van der Waals surface area contributed by atoms with E-state index in [2.05, 4.69) is 32.6 Å². The third-order valence-electron chi connectivity index (χ3n) is 4.28.